The number of carboxylic acid groups (broad SMARTS) is 1. The molecule has 3 nitrogen and oxygen atoms in total. The van der Waals surface area contributed by atoms with E-state index in [1.165, 1.54) is 13.8 Å². The minimum Gasteiger partial charge on any atom is -0.480 e. The number of hydrogen-bond acceptors (Lipinski definition) is 2. The van der Waals surface area contributed by atoms with Crippen LogP contribution < -0.4 is 0 Å². The first-order chi connectivity index (χ1) is 8.43. The van der Waals surface area contributed by atoms with Gasteiger partial charge in [-0.3, -0.25) is 9.00 Å². The maximum atomic E-state index is 12.3. The zero-order chi connectivity index (χ0) is 13.3. The summed E-state index contributed by atoms with van der Waals surface area (Å²) in [7, 11) is -1.58. The Morgan fingerprint density at radius 2 is 1.72 bits per heavy atom. The number of fused-ring (bicyclic) bond motifs is 1. The van der Waals surface area contributed by atoms with Gasteiger partial charge < -0.3 is 5.11 Å². The molecule has 0 aliphatic rings. The van der Waals surface area contributed by atoms with Gasteiger partial charge in [0.05, 0.1) is 10.8 Å². The van der Waals surface area contributed by atoms with Gasteiger partial charge in [-0.1, -0.05) is 30.3 Å². The Morgan fingerprint density at radius 3 is 2.33 bits per heavy atom. The van der Waals surface area contributed by atoms with Gasteiger partial charge >= 0.3 is 5.97 Å². The van der Waals surface area contributed by atoms with Gasteiger partial charge in [-0.25, -0.2) is 0 Å². The fourth-order valence-electron chi connectivity index (χ4n) is 1.66. The van der Waals surface area contributed by atoms with Crippen molar-refractivity contribution < 1.29 is 14.1 Å². The van der Waals surface area contributed by atoms with Crippen LogP contribution in [0, 0.1) is 0 Å². The fraction of sp³-hybridized carbons (Fsp3) is 0.214. The molecule has 0 saturated carbocycles. The quantitative estimate of drug-likeness (QED) is 0.925. The number of rotatable bonds is 3. The minimum absolute atomic E-state index is 0.543. The van der Waals surface area contributed by atoms with Gasteiger partial charge in [0.15, 0.2) is 0 Å². The lowest BCUT2D eigenvalue weighted by Gasteiger charge is -2.18. The Hall–Kier alpha value is -1.68. The van der Waals surface area contributed by atoms with Crippen molar-refractivity contribution in [3.05, 3.63) is 42.5 Å². The van der Waals surface area contributed by atoms with E-state index in [1.807, 2.05) is 30.3 Å². The molecule has 0 amide bonds. The highest BCUT2D eigenvalue weighted by Gasteiger charge is 2.35. The second kappa shape index (κ2) is 4.53. The summed E-state index contributed by atoms with van der Waals surface area (Å²) in [4.78, 5) is 11.6. The van der Waals surface area contributed by atoms with E-state index in [-0.39, 0.29) is 0 Å². The predicted molar refractivity (Wildman–Crippen MR) is 72.1 cm³/mol. The van der Waals surface area contributed by atoms with Gasteiger partial charge in [-0.05, 0) is 36.8 Å². The first kappa shape index (κ1) is 12.8. The molecule has 0 aliphatic carbocycles. The second-order valence-electron chi connectivity index (χ2n) is 4.59. The third-order valence-electron chi connectivity index (χ3n) is 2.91. The molecule has 0 spiro atoms. The Balaban J connectivity index is 2.49. The third-order valence-corrected chi connectivity index (χ3v) is 4.70. The molecule has 2 aromatic carbocycles. The number of aliphatic carboxylic acids is 1. The average Bonchev–Trinajstić information content (AvgIpc) is 2.37. The van der Waals surface area contributed by atoms with Crippen molar-refractivity contribution in [2.75, 3.05) is 0 Å². The third kappa shape index (κ3) is 2.16. The molecule has 2 aromatic rings. The Labute approximate surface area is 108 Å². The van der Waals surface area contributed by atoms with Gasteiger partial charge in [-0.2, -0.15) is 0 Å². The van der Waals surface area contributed by atoms with Crippen LogP contribution >= 0.6 is 0 Å². The number of carbonyl (C=O) groups is 1. The van der Waals surface area contributed by atoms with Gasteiger partial charge in [0.25, 0.3) is 0 Å². The molecule has 0 aromatic heterocycles. The van der Waals surface area contributed by atoms with E-state index in [1.54, 1.807) is 12.1 Å². The SMILES string of the molecule is CC(C)(C(=O)O)S(=O)c1ccc2ccccc2c1. The van der Waals surface area contributed by atoms with Crippen molar-refractivity contribution in [1.29, 1.82) is 0 Å². The van der Waals surface area contributed by atoms with Gasteiger partial charge in [0, 0.05) is 4.90 Å². The van der Waals surface area contributed by atoms with Gasteiger partial charge in [0.2, 0.25) is 0 Å². The summed E-state index contributed by atoms with van der Waals surface area (Å²) in [5.41, 5.74) is 0. The van der Waals surface area contributed by atoms with Gasteiger partial charge in [0.1, 0.15) is 4.75 Å². The second-order valence-corrected chi connectivity index (χ2v) is 6.62. The average molecular weight is 262 g/mol. The molecule has 2 rings (SSSR count). The molecule has 0 radical (unpaired) electrons. The highest BCUT2D eigenvalue weighted by molar-refractivity contribution is 7.87. The van der Waals surface area contributed by atoms with Crippen molar-refractivity contribution in [3.8, 4) is 0 Å². The van der Waals surface area contributed by atoms with E-state index < -0.39 is 21.5 Å². The summed E-state index contributed by atoms with van der Waals surface area (Å²) in [6.45, 7) is 2.95. The largest absolute Gasteiger partial charge is 0.480 e. The van der Waals surface area contributed by atoms with Crippen molar-refractivity contribution in [1.82, 2.24) is 0 Å². The summed E-state index contributed by atoms with van der Waals surface area (Å²) in [5.74, 6) is -1.06. The van der Waals surface area contributed by atoms with E-state index in [9.17, 15) is 9.00 Å². The van der Waals surface area contributed by atoms with E-state index in [2.05, 4.69) is 0 Å². The van der Waals surface area contributed by atoms with Crippen LogP contribution in [0.1, 0.15) is 13.8 Å². The van der Waals surface area contributed by atoms with Crippen LogP contribution in [0.2, 0.25) is 0 Å². The molecule has 18 heavy (non-hydrogen) atoms. The first-order valence-corrected chi connectivity index (χ1v) is 6.72. The number of hydrogen-bond donors (Lipinski definition) is 1. The zero-order valence-electron chi connectivity index (χ0n) is 10.2. The smallest absolute Gasteiger partial charge is 0.322 e. The molecule has 94 valence electrons. The lowest BCUT2D eigenvalue weighted by atomic mass is 10.1. The van der Waals surface area contributed by atoms with Gasteiger partial charge in [-0.15, -0.1) is 0 Å². The van der Waals surface area contributed by atoms with Crippen LogP contribution in [0.15, 0.2) is 47.4 Å². The molecular weight excluding hydrogens is 248 g/mol. The molecule has 1 N–H and O–H groups in total. The predicted octanol–water partition coefficient (Wildman–Crippen LogP) is 2.81. The van der Waals surface area contributed by atoms with Crippen molar-refractivity contribution in [3.63, 3.8) is 0 Å². The van der Waals surface area contributed by atoms with Crippen molar-refractivity contribution >= 4 is 27.5 Å². The minimum atomic E-state index is -1.58. The Kier molecular flexibility index (Phi) is 3.22. The summed E-state index contributed by atoms with van der Waals surface area (Å²) in [6, 6.07) is 13.1. The molecule has 1 unspecified atom stereocenters. The van der Waals surface area contributed by atoms with Crippen LogP contribution in [-0.2, 0) is 15.6 Å². The number of benzene rings is 2. The first-order valence-electron chi connectivity index (χ1n) is 5.57. The highest BCUT2D eigenvalue weighted by atomic mass is 32.2. The summed E-state index contributed by atoms with van der Waals surface area (Å²) < 4.78 is 11.0. The van der Waals surface area contributed by atoms with E-state index >= 15 is 0 Å². The zero-order valence-corrected chi connectivity index (χ0v) is 11.0. The maximum Gasteiger partial charge on any atom is 0.322 e. The van der Waals surface area contributed by atoms with Crippen LogP contribution in [0.4, 0.5) is 0 Å². The Morgan fingerprint density at radius 1 is 1.11 bits per heavy atom. The lowest BCUT2D eigenvalue weighted by Crippen LogP contribution is -2.36. The standard InChI is InChI=1S/C14H14O3S/c1-14(2,13(15)16)18(17)12-8-7-10-5-3-4-6-11(10)9-12/h3-9H,1-2H3,(H,15,16). The normalized spacial score (nSPS) is 13.4. The van der Waals surface area contributed by atoms with Crippen LogP contribution in [0.25, 0.3) is 10.8 Å². The van der Waals surface area contributed by atoms with E-state index in [4.69, 9.17) is 5.11 Å². The molecule has 0 heterocycles. The summed E-state index contributed by atoms with van der Waals surface area (Å²) >= 11 is 0. The molecule has 0 fully saturated rings. The number of carboxylic acids is 1. The monoisotopic (exact) mass is 262 g/mol. The fourth-order valence-corrected chi connectivity index (χ4v) is 2.83. The molecule has 4 heteroatoms. The molecule has 0 saturated heterocycles. The van der Waals surface area contributed by atoms with Crippen molar-refractivity contribution in [2.45, 2.75) is 23.5 Å². The van der Waals surface area contributed by atoms with E-state index in [0.29, 0.717) is 4.90 Å². The van der Waals surface area contributed by atoms with E-state index in [0.717, 1.165) is 10.8 Å². The van der Waals surface area contributed by atoms with Crippen LogP contribution in [-0.4, -0.2) is 20.0 Å². The van der Waals surface area contributed by atoms with Crippen LogP contribution in [0.3, 0.4) is 0 Å². The highest BCUT2D eigenvalue weighted by Crippen LogP contribution is 2.24. The maximum absolute atomic E-state index is 12.3. The summed E-state index contributed by atoms with van der Waals surface area (Å²) in [5, 5.41) is 11.1. The molecule has 1 atom stereocenters. The lowest BCUT2D eigenvalue weighted by molar-refractivity contribution is -0.139. The molecular formula is C14H14O3S. The molecule has 0 aliphatic heterocycles. The Bertz CT molecular complexity index is 632. The van der Waals surface area contributed by atoms with Crippen LogP contribution in [0.5, 0.6) is 0 Å². The topological polar surface area (TPSA) is 54.4 Å². The summed E-state index contributed by atoms with van der Waals surface area (Å²) in [6.07, 6.45) is 0. The van der Waals surface area contributed by atoms with Crippen molar-refractivity contribution in [2.24, 2.45) is 0 Å². The molecule has 0 bridgehead atoms.